The molecule has 0 aromatic carbocycles. The summed E-state index contributed by atoms with van der Waals surface area (Å²) in [4.78, 5) is 5.76. The van der Waals surface area contributed by atoms with Gasteiger partial charge in [-0.05, 0) is 47.6 Å². The number of hydrogen-bond donors (Lipinski definition) is 0. The van der Waals surface area contributed by atoms with Gasteiger partial charge in [-0.15, -0.1) is 0 Å². The minimum Gasteiger partial charge on any atom is -0.0933 e. The van der Waals surface area contributed by atoms with E-state index in [9.17, 15) is 0 Å². The van der Waals surface area contributed by atoms with Gasteiger partial charge in [-0.25, -0.2) is 0 Å². The molecule has 0 aliphatic heterocycles. The first-order chi connectivity index (χ1) is 7.57. The first kappa shape index (κ1) is 11.1. The summed E-state index contributed by atoms with van der Waals surface area (Å²) in [5.74, 6) is 1.10. The molecule has 0 N–H and O–H groups in total. The van der Waals surface area contributed by atoms with Crippen LogP contribution in [0.25, 0.3) is 20.9 Å². The topological polar surface area (TPSA) is 97.5 Å². The summed E-state index contributed by atoms with van der Waals surface area (Å²) in [6.45, 7) is 4.75. The van der Waals surface area contributed by atoms with Gasteiger partial charge >= 0.3 is 0 Å². The van der Waals surface area contributed by atoms with Crippen molar-refractivity contribution < 1.29 is 0 Å². The molecule has 3 aliphatic carbocycles. The zero-order valence-electron chi connectivity index (χ0n) is 9.67. The summed E-state index contributed by atoms with van der Waals surface area (Å²) in [6.07, 6.45) is 3.03. The van der Waals surface area contributed by atoms with Crippen molar-refractivity contribution in [2.45, 2.75) is 38.6 Å². The lowest BCUT2D eigenvalue weighted by Crippen LogP contribution is -2.61. The van der Waals surface area contributed by atoms with Crippen molar-refractivity contribution in [2.75, 3.05) is 6.54 Å². The Labute approximate surface area is 94.3 Å². The van der Waals surface area contributed by atoms with Crippen LogP contribution in [0.2, 0.25) is 0 Å². The van der Waals surface area contributed by atoms with Crippen molar-refractivity contribution in [3.05, 3.63) is 20.9 Å². The van der Waals surface area contributed by atoms with Gasteiger partial charge in [0.15, 0.2) is 0 Å². The molecule has 3 fully saturated rings. The van der Waals surface area contributed by atoms with Crippen molar-refractivity contribution in [2.24, 2.45) is 27.5 Å². The minimum absolute atomic E-state index is 0.220. The van der Waals surface area contributed by atoms with Crippen LogP contribution in [0.4, 0.5) is 0 Å². The smallest absolute Gasteiger partial charge is 0.0577 e. The van der Waals surface area contributed by atoms with Crippen molar-refractivity contribution in [1.29, 1.82) is 0 Å². The third-order valence-electron chi connectivity index (χ3n) is 4.70. The molecular weight excluding hydrogens is 204 g/mol. The highest BCUT2D eigenvalue weighted by atomic mass is 15.2. The minimum atomic E-state index is -0.473. The first-order valence-electron chi connectivity index (χ1n) is 5.64. The zero-order valence-corrected chi connectivity index (χ0v) is 9.67. The third kappa shape index (κ3) is 1.34. The molecule has 6 nitrogen and oxygen atoms in total. The molecule has 0 spiro atoms. The normalized spacial score (nSPS) is 38.9. The first-order valence-corrected chi connectivity index (χ1v) is 5.64. The predicted molar refractivity (Wildman–Crippen MR) is 60.5 cm³/mol. The van der Waals surface area contributed by atoms with Gasteiger partial charge in [0.05, 0.1) is 5.54 Å². The van der Waals surface area contributed by atoms with Crippen LogP contribution >= 0.6 is 0 Å². The Morgan fingerprint density at radius 2 is 2.06 bits per heavy atom. The van der Waals surface area contributed by atoms with E-state index in [4.69, 9.17) is 11.1 Å². The largest absolute Gasteiger partial charge is 0.0933 e. The second-order valence-corrected chi connectivity index (χ2v) is 5.53. The van der Waals surface area contributed by atoms with Gasteiger partial charge in [-0.1, -0.05) is 24.1 Å². The number of azide groups is 2. The van der Waals surface area contributed by atoms with E-state index in [0.717, 1.165) is 25.2 Å². The molecule has 0 radical (unpaired) electrons. The highest BCUT2D eigenvalue weighted by molar-refractivity contribution is 5.14. The van der Waals surface area contributed by atoms with Crippen LogP contribution in [-0.4, -0.2) is 12.1 Å². The molecule has 86 valence electrons. The molecule has 0 aromatic heterocycles. The molecule has 6 heteroatoms. The van der Waals surface area contributed by atoms with E-state index in [-0.39, 0.29) is 5.41 Å². The summed E-state index contributed by atoms with van der Waals surface area (Å²) >= 11 is 0. The maximum Gasteiger partial charge on any atom is 0.0577 e. The quantitative estimate of drug-likeness (QED) is 0.392. The lowest BCUT2D eigenvalue weighted by Gasteiger charge is -2.63. The van der Waals surface area contributed by atoms with Crippen LogP contribution in [0, 0.1) is 17.3 Å². The standard InChI is InChI=1S/C10H16N6/c1-9(2)7-3-4-10(14-16-12,6-13-15-11)8(9)5-7/h7-8H,3-6H2,1-2H3/t7-,8+,10+/m0/s1. The van der Waals surface area contributed by atoms with E-state index >= 15 is 0 Å². The maximum atomic E-state index is 8.71. The van der Waals surface area contributed by atoms with Crippen LogP contribution in [-0.2, 0) is 0 Å². The van der Waals surface area contributed by atoms with Crippen LogP contribution < -0.4 is 0 Å². The summed E-state index contributed by atoms with van der Waals surface area (Å²) < 4.78 is 0. The van der Waals surface area contributed by atoms with Crippen LogP contribution in [0.5, 0.6) is 0 Å². The summed E-state index contributed by atoms with van der Waals surface area (Å²) in [7, 11) is 0. The molecule has 3 aliphatic rings. The van der Waals surface area contributed by atoms with Gasteiger partial charge in [0.25, 0.3) is 0 Å². The maximum absolute atomic E-state index is 8.71. The molecule has 0 aromatic rings. The molecule has 0 heterocycles. The molecule has 2 bridgehead atoms. The summed E-state index contributed by atoms with van der Waals surface area (Å²) in [5.41, 5.74) is 16.9. The SMILES string of the molecule is CC1(C)[C@H]2CC[C@](CN=[N+]=[N-])(N=[N+]=[N-])[C@@H]1C2. The Morgan fingerprint density at radius 1 is 1.31 bits per heavy atom. The van der Waals surface area contributed by atoms with Crippen molar-refractivity contribution >= 4 is 0 Å². The van der Waals surface area contributed by atoms with Gasteiger partial charge in [0.2, 0.25) is 0 Å². The van der Waals surface area contributed by atoms with Crippen molar-refractivity contribution in [3.63, 3.8) is 0 Å². The number of rotatable bonds is 3. The van der Waals surface area contributed by atoms with Crippen molar-refractivity contribution in [3.8, 4) is 0 Å². The second kappa shape index (κ2) is 3.58. The predicted octanol–water partition coefficient (Wildman–Crippen LogP) is 3.80. The highest BCUT2D eigenvalue weighted by Gasteiger charge is 2.60. The van der Waals surface area contributed by atoms with E-state index in [1.807, 2.05) is 0 Å². The number of hydrogen-bond acceptors (Lipinski definition) is 2. The fraction of sp³-hybridized carbons (Fsp3) is 1.00. The number of fused-ring (bicyclic) bond motifs is 2. The van der Waals surface area contributed by atoms with Gasteiger partial charge in [-0.3, -0.25) is 0 Å². The monoisotopic (exact) mass is 220 g/mol. The number of nitrogens with zero attached hydrogens (tertiary/aromatic N) is 6. The average Bonchev–Trinajstić information content (AvgIpc) is 2.26. The lowest BCUT2D eigenvalue weighted by atomic mass is 9.43. The zero-order chi connectivity index (χ0) is 11.8. The van der Waals surface area contributed by atoms with Crippen LogP contribution in [0.15, 0.2) is 10.2 Å². The summed E-state index contributed by atoms with van der Waals surface area (Å²) in [6, 6.07) is 0. The Kier molecular flexibility index (Phi) is 2.49. The van der Waals surface area contributed by atoms with E-state index in [1.54, 1.807) is 0 Å². The lowest BCUT2D eigenvalue weighted by molar-refractivity contribution is -0.113. The van der Waals surface area contributed by atoms with E-state index in [2.05, 4.69) is 33.9 Å². The van der Waals surface area contributed by atoms with Crippen molar-refractivity contribution in [1.82, 2.24) is 0 Å². The Morgan fingerprint density at radius 3 is 2.56 bits per heavy atom. The Bertz CT molecular complexity index is 388. The Hall–Kier alpha value is -1.38. The van der Waals surface area contributed by atoms with Gasteiger partial charge < -0.3 is 0 Å². The van der Waals surface area contributed by atoms with Crippen LogP contribution in [0.1, 0.15) is 33.1 Å². The second-order valence-electron chi connectivity index (χ2n) is 5.53. The van der Waals surface area contributed by atoms with Crippen LogP contribution in [0.3, 0.4) is 0 Å². The molecule has 16 heavy (non-hydrogen) atoms. The average molecular weight is 220 g/mol. The van der Waals surface area contributed by atoms with Gasteiger partial charge in [-0.2, -0.15) is 0 Å². The third-order valence-corrected chi connectivity index (χ3v) is 4.70. The van der Waals surface area contributed by atoms with E-state index < -0.39 is 5.54 Å². The van der Waals surface area contributed by atoms with E-state index in [0.29, 0.717) is 12.5 Å². The fourth-order valence-corrected chi connectivity index (χ4v) is 3.60. The van der Waals surface area contributed by atoms with Gasteiger partial charge in [0.1, 0.15) is 0 Å². The molecular formula is C10H16N6. The fourth-order valence-electron chi connectivity index (χ4n) is 3.60. The molecule has 3 rings (SSSR count). The highest BCUT2D eigenvalue weighted by Crippen LogP contribution is 2.63. The Balaban J connectivity index is 2.32. The molecule has 3 atom stereocenters. The molecule has 0 amide bonds. The molecule has 3 saturated carbocycles. The molecule has 0 saturated heterocycles. The van der Waals surface area contributed by atoms with E-state index in [1.165, 1.54) is 0 Å². The van der Waals surface area contributed by atoms with Gasteiger partial charge in [0, 0.05) is 16.4 Å². The summed E-state index contributed by atoms with van der Waals surface area (Å²) in [5, 5.41) is 7.63. The molecule has 0 unspecified atom stereocenters.